The van der Waals surface area contributed by atoms with Crippen LogP contribution in [-0.4, -0.2) is 47.0 Å². The Hall–Kier alpha value is -1.89. The lowest BCUT2D eigenvalue weighted by Crippen LogP contribution is -2.57. The predicted octanol–water partition coefficient (Wildman–Crippen LogP) is 2.43. The molecule has 1 aliphatic heterocycles. The van der Waals surface area contributed by atoms with E-state index >= 15 is 0 Å². The largest absolute Gasteiger partial charge is 0.360 e. The highest BCUT2D eigenvalue weighted by atomic mass is 16.5. The van der Waals surface area contributed by atoms with Crippen LogP contribution in [0.15, 0.2) is 10.6 Å². The molecular formula is C21H32N4O3. The fourth-order valence-corrected chi connectivity index (χ4v) is 4.63. The molecule has 0 bridgehead atoms. The van der Waals surface area contributed by atoms with Gasteiger partial charge in [0, 0.05) is 48.5 Å². The van der Waals surface area contributed by atoms with E-state index in [1.54, 1.807) is 6.07 Å². The zero-order valence-corrected chi connectivity index (χ0v) is 16.9. The Morgan fingerprint density at radius 2 is 1.89 bits per heavy atom. The van der Waals surface area contributed by atoms with Crippen molar-refractivity contribution in [3.8, 4) is 0 Å². The summed E-state index contributed by atoms with van der Waals surface area (Å²) in [7, 11) is 0. The molecule has 3 fully saturated rings. The molecule has 0 spiro atoms. The van der Waals surface area contributed by atoms with Crippen LogP contribution in [0.4, 0.5) is 0 Å². The average molecular weight is 389 g/mol. The smallest absolute Gasteiger partial charge is 0.273 e. The molecule has 3 aliphatic rings. The van der Waals surface area contributed by atoms with Crippen LogP contribution in [0.3, 0.4) is 0 Å². The minimum Gasteiger partial charge on any atom is -0.360 e. The van der Waals surface area contributed by atoms with Gasteiger partial charge < -0.3 is 20.5 Å². The van der Waals surface area contributed by atoms with Crippen molar-refractivity contribution < 1.29 is 14.1 Å². The normalized spacial score (nSPS) is 30.1. The maximum atomic E-state index is 12.9. The minimum atomic E-state index is -0.197. The number of hydrogen-bond donors (Lipinski definition) is 2. The Labute approximate surface area is 166 Å². The Morgan fingerprint density at radius 1 is 1.18 bits per heavy atom. The van der Waals surface area contributed by atoms with Crippen molar-refractivity contribution in [1.82, 2.24) is 15.4 Å². The van der Waals surface area contributed by atoms with E-state index in [1.165, 1.54) is 0 Å². The number of aromatic nitrogens is 1. The number of nitrogens with zero attached hydrogens (tertiary/aromatic N) is 2. The van der Waals surface area contributed by atoms with Gasteiger partial charge in [0.2, 0.25) is 5.91 Å². The third kappa shape index (κ3) is 4.09. The van der Waals surface area contributed by atoms with Gasteiger partial charge in [0.15, 0.2) is 5.69 Å². The van der Waals surface area contributed by atoms with Crippen molar-refractivity contribution in [3.05, 3.63) is 17.5 Å². The van der Waals surface area contributed by atoms with Crippen molar-refractivity contribution in [3.63, 3.8) is 0 Å². The van der Waals surface area contributed by atoms with Crippen LogP contribution >= 0.6 is 0 Å². The Balaban J connectivity index is 1.34. The van der Waals surface area contributed by atoms with E-state index in [0.29, 0.717) is 24.7 Å². The monoisotopic (exact) mass is 388 g/mol. The van der Waals surface area contributed by atoms with Crippen LogP contribution in [0.1, 0.15) is 81.0 Å². The van der Waals surface area contributed by atoms with Crippen LogP contribution in [0.25, 0.3) is 0 Å². The van der Waals surface area contributed by atoms with Gasteiger partial charge in [0.25, 0.3) is 5.91 Å². The van der Waals surface area contributed by atoms with Crippen molar-refractivity contribution in [2.75, 3.05) is 13.1 Å². The molecule has 28 heavy (non-hydrogen) atoms. The highest BCUT2D eigenvalue weighted by Crippen LogP contribution is 2.40. The van der Waals surface area contributed by atoms with Gasteiger partial charge in [0.05, 0.1) is 0 Å². The third-order valence-electron chi connectivity index (χ3n) is 6.71. The third-order valence-corrected chi connectivity index (χ3v) is 6.71. The van der Waals surface area contributed by atoms with Gasteiger partial charge >= 0.3 is 0 Å². The lowest BCUT2D eigenvalue weighted by molar-refractivity contribution is -0.140. The highest BCUT2D eigenvalue weighted by Gasteiger charge is 2.40. The van der Waals surface area contributed by atoms with Gasteiger partial charge in [0.1, 0.15) is 5.76 Å². The number of carbonyl (C=O) groups is 2. The molecule has 1 aromatic heterocycles. The molecule has 2 saturated carbocycles. The topological polar surface area (TPSA) is 101 Å². The first-order chi connectivity index (χ1) is 13.3. The summed E-state index contributed by atoms with van der Waals surface area (Å²) in [4.78, 5) is 27.6. The average Bonchev–Trinajstić information content (AvgIpc) is 3.39. The van der Waals surface area contributed by atoms with Gasteiger partial charge in [-0.15, -0.1) is 0 Å². The van der Waals surface area contributed by atoms with Crippen LogP contribution in [0.2, 0.25) is 0 Å². The zero-order chi connectivity index (χ0) is 19.9. The maximum absolute atomic E-state index is 12.9. The second-order valence-corrected chi connectivity index (χ2v) is 9.56. The van der Waals surface area contributed by atoms with Gasteiger partial charge in [-0.3, -0.25) is 9.59 Å². The van der Waals surface area contributed by atoms with Gasteiger partial charge in [-0.25, -0.2) is 0 Å². The Bertz CT molecular complexity index is 732. The van der Waals surface area contributed by atoms with E-state index < -0.39 is 0 Å². The predicted molar refractivity (Wildman–Crippen MR) is 105 cm³/mol. The molecule has 2 aliphatic carbocycles. The second-order valence-electron chi connectivity index (χ2n) is 9.56. The summed E-state index contributed by atoms with van der Waals surface area (Å²) in [6, 6.07) is 2.02. The Morgan fingerprint density at radius 3 is 2.54 bits per heavy atom. The lowest BCUT2D eigenvalue weighted by atomic mass is 9.78. The zero-order valence-electron chi connectivity index (χ0n) is 16.9. The molecule has 2 heterocycles. The summed E-state index contributed by atoms with van der Waals surface area (Å²) in [5.74, 6) is 1.44. The van der Waals surface area contributed by atoms with Gasteiger partial charge in [-0.05, 0) is 44.9 Å². The number of likely N-dealkylation sites (tertiary alicyclic amines) is 1. The first-order valence-electron chi connectivity index (χ1n) is 10.7. The van der Waals surface area contributed by atoms with E-state index in [2.05, 4.69) is 24.3 Å². The quantitative estimate of drug-likeness (QED) is 0.825. The highest BCUT2D eigenvalue weighted by molar-refractivity contribution is 5.92. The van der Waals surface area contributed by atoms with Crippen molar-refractivity contribution >= 4 is 11.8 Å². The SMILES string of the molecule is CC1(C)CN(C(=O)C2CCC(N)CC2)CCC1NC(=O)c1cc(C2CC2)on1. The summed E-state index contributed by atoms with van der Waals surface area (Å²) in [5.41, 5.74) is 6.14. The van der Waals surface area contributed by atoms with Crippen LogP contribution in [0, 0.1) is 11.3 Å². The van der Waals surface area contributed by atoms with Crippen LogP contribution < -0.4 is 11.1 Å². The molecule has 1 aromatic rings. The van der Waals surface area contributed by atoms with E-state index in [1.807, 2.05) is 4.90 Å². The van der Waals surface area contributed by atoms with Gasteiger partial charge in [-0.2, -0.15) is 0 Å². The van der Waals surface area contributed by atoms with Gasteiger partial charge in [-0.1, -0.05) is 19.0 Å². The summed E-state index contributed by atoms with van der Waals surface area (Å²) in [6.07, 6.45) is 6.65. The standard InChI is InChI=1S/C21H32N4O3/c1-21(2)12-25(20(27)14-5-7-15(22)8-6-14)10-9-18(21)23-19(26)16-11-17(28-24-16)13-3-4-13/h11,13-15,18H,3-10,12,22H2,1-2H3,(H,23,26). The first kappa shape index (κ1) is 19.4. The first-order valence-corrected chi connectivity index (χ1v) is 10.7. The van der Waals surface area contributed by atoms with E-state index in [9.17, 15) is 9.59 Å². The summed E-state index contributed by atoms with van der Waals surface area (Å²) >= 11 is 0. The molecule has 154 valence electrons. The van der Waals surface area contributed by atoms with Crippen LogP contribution in [0.5, 0.6) is 0 Å². The molecule has 0 radical (unpaired) electrons. The number of amides is 2. The molecule has 1 atom stereocenters. The number of nitrogens with one attached hydrogen (secondary N) is 1. The summed E-state index contributed by atoms with van der Waals surface area (Å²) in [6.45, 7) is 5.58. The number of carbonyl (C=O) groups excluding carboxylic acids is 2. The van der Waals surface area contributed by atoms with E-state index in [-0.39, 0.29) is 35.2 Å². The second kappa shape index (κ2) is 7.50. The Kier molecular flexibility index (Phi) is 5.21. The summed E-state index contributed by atoms with van der Waals surface area (Å²) < 4.78 is 5.30. The fraction of sp³-hybridized carbons (Fsp3) is 0.762. The molecule has 0 aromatic carbocycles. The molecule has 2 amide bonds. The molecule has 1 unspecified atom stereocenters. The van der Waals surface area contributed by atoms with Crippen LogP contribution in [-0.2, 0) is 4.79 Å². The molecule has 3 N–H and O–H groups in total. The van der Waals surface area contributed by atoms with Crippen molar-refractivity contribution in [1.29, 1.82) is 0 Å². The van der Waals surface area contributed by atoms with E-state index in [0.717, 1.165) is 50.7 Å². The fourth-order valence-electron chi connectivity index (χ4n) is 4.63. The van der Waals surface area contributed by atoms with Crippen molar-refractivity contribution in [2.45, 2.75) is 76.8 Å². The minimum absolute atomic E-state index is 0.00454. The maximum Gasteiger partial charge on any atom is 0.273 e. The van der Waals surface area contributed by atoms with Crippen molar-refractivity contribution in [2.24, 2.45) is 17.1 Å². The number of piperidine rings is 1. The summed E-state index contributed by atoms with van der Waals surface area (Å²) in [5, 5.41) is 7.07. The molecular weight excluding hydrogens is 356 g/mol. The number of rotatable bonds is 4. The molecule has 1 saturated heterocycles. The van der Waals surface area contributed by atoms with E-state index in [4.69, 9.17) is 10.3 Å². The lowest BCUT2D eigenvalue weighted by Gasteiger charge is -2.45. The number of hydrogen-bond acceptors (Lipinski definition) is 5. The molecule has 7 nitrogen and oxygen atoms in total. The number of nitrogens with two attached hydrogens (primary N) is 1. The molecule has 7 heteroatoms. The molecule has 4 rings (SSSR count).